The minimum absolute atomic E-state index is 0.0541. The number of hydrogen-bond acceptors (Lipinski definition) is 5. The van der Waals surface area contributed by atoms with Crippen molar-refractivity contribution in [2.45, 2.75) is 36.1 Å². The molecule has 2 aliphatic rings. The molecule has 4 rings (SSSR count). The molecule has 8 heteroatoms. The van der Waals surface area contributed by atoms with E-state index in [2.05, 4.69) is 15.3 Å². The van der Waals surface area contributed by atoms with Gasteiger partial charge in [0.15, 0.2) is 4.87 Å². The van der Waals surface area contributed by atoms with Crippen molar-refractivity contribution in [3.63, 3.8) is 0 Å². The van der Waals surface area contributed by atoms with E-state index in [4.69, 9.17) is 11.6 Å². The lowest BCUT2D eigenvalue weighted by Gasteiger charge is -2.29. The maximum Gasteiger partial charge on any atom is 0.257 e. The highest BCUT2D eigenvalue weighted by Gasteiger charge is 2.57. The SMILES string of the molecule is Cc1nccc(CNC(=O)C23CCC(=O)N2c2cc(Cl)ccc2S3)n1. The summed E-state index contributed by atoms with van der Waals surface area (Å²) < 4.78 is 0. The lowest BCUT2D eigenvalue weighted by molar-refractivity contribution is -0.125. The highest BCUT2D eigenvalue weighted by Crippen LogP contribution is 2.56. The zero-order valence-electron chi connectivity index (χ0n) is 13.5. The smallest absolute Gasteiger partial charge is 0.257 e. The summed E-state index contributed by atoms with van der Waals surface area (Å²) in [6.45, 7) is 2.10. The molecule has 2 aliphatic heterocycles. The number of aryl methyl sites for hydroxylation is 1. The van der Waals surface area contributed by atoms with Crippen LogP contribution >= 0.6 is 23.4 Å². The molecule has 2 amide bonds. The van der Waals surface area contributed by atoms with Crippen molar-refractivity contribution in [2.24, 2.45) is 0 Å². The monoisotopic (exact) mass is 374 g/mol. The molecule has 0 spiro atoms. The van der Waals surface area contributed by atoms with Crippen LogP contribution in [0.25, 0.3) is 0 Å². The average molecular weight is 375 g/mol. The van der Waals surface area contributed by atoms with Crippen molar-refractivity contribution in [2.75, 3.05) is 4.90 Å². The van der Waals surface area contributed by atoms with Crippen LogP contribution in [0.15, 0.2) is 35.4 Å². The van der Waals surface area contributed by atoms with E-state index in [9.17, 15) is 9.59 Å². The number of amides is 2. The normalized spacial score (nSPS) is 21.2. The lowest BCUT2D eigenvalue weighted by atomic mass is 10.2. The maximum absolute atomic E-state index is 13.0. The molecule has 1 N–H and O–H groups in total. The predicted octanol–water partition coefficient (Wildman–Crippen LogP) is 2.68. The summed E-state index contributed by atoms with van der Waals surface area (Å²) in [6.07, 6.45) is 2.48. The van der Waals surface area contributed by atoms with Gasteiger partial charge < -0.3 is 5.32 Å². The third-order valence-corrected chi connectivity index (χ3v) is 6.06. The molecule has 1 aromatic carbocycles. The number of rotatable bonds is 3. The summed E-state index contributed by atoms with van der Waals surface area (Å²) >= 11 is 7.50. The van der Waals surface area contributed by atoms with E-state index in [1.165, 1.54) is 11.8 Å². The predicted molar refractivity (Wildman–Crippen MR) is 95.4 cm³/mol. The highest BCUT2D eigenvalue weighted by atomic mass is 35.5. The average Bonchev–Trinajstić information content (AvgIpc) is 3.09. The van der Waals surface area contributed by atoms with Gasteiger partial charge in [0.1, 0.15) is 5.82 Å². The zero-order chi connectivity index (χ0) is 17.6. The van der Waals surface area contributed by atoms with Gasteiger partial charge in [0.05, 0.1) is 17.9 Å². The van der Waals surface area contributed by atoms with Crippen molar-refractivity contribution < 1.29 is 9.59 Å². The van der Waals surface area contributed by atoms with Crippen LogP contribution in [0.5, 0.6) is 0 Å². The fourth-order valence-corrected chi connectivity index (χ4v) is 4.82. The second-order valence-electron chi connectivity index (χ2n) is 6.01. The largest absolute Gasteiger partial charge is 0.348 e. The second kappa shape index (κ2) is 6.00. The number of halogens is 1. The zero-order valence-corrected chi connectivity index (χ0v) is 15.0. The van der Waals surface area contributed by atoms with Crippen LogP contribution in [0, 0.1) is 6.92 Å². The molecular weight excluding hydrogens is 360 g/mol. The highest BCUT2D eigenvalue weighted by molar-refractivity contribution is 8.02. The van der Waals surface area contributed by atoms with E-state index in [1.807, 2.05) is 6.07 Å². The van der Waals surface area contributed by atoms with Gasteiger partial charge in [-0.05, 0) is 37.6 Å². The van der Waals surface area contributed by atoms with E-state index in [0.29, 0.717) is 35.9 Å². The van der Waals surface area contributed by atoms with Crippen molar-refractivity contribution in [3.8, 4) is 0 Å². The summed E-state index contributed by atoms with van der Waals surface area (Å²) in [5, 5.41) is 3.47. The van der Waals surface area contributed by atoms with Crippen molar-refractivity contribution in [3.05, 3.63) is 47.0 Å². The van der Waals surface area contributed by atoms with Crippen LogP contribution in [-0.2, 0) is 16.1 Å². The number of carbonyl (C=O) groups excluding carboxylic acids is 2. The molecule has 1 fully saturated rings. The van der Waals surface area contributed by atoms with Crippen molar-refractivity contribution in [1.82, 2.24) is 15.3 Å². The van der Waals surface area contributed by atoms with Crippen LogP contribution in [0.2, 0.25) is 5.02 Å². The molecule has 128 valence electrons. The number of nitrogens with one attached hydrogen (secondary N) is 1. The number of carbonyl (C=O) groups is 2. The Morgan fingerprint density at radius 2 is 2.28 bits per heavy atom. The minimum Gasteiger partial charge on any atom is -0.348 e. The van der Waals surface area contributed by atoms with E-state index < -0.39 is 4.87 Å². The van der Waals surface area contributed by atoms with E-state index in [1.54, 1.807) is 36.2 Å². The van der Waals surface area contributed by atoms with Gasteiger partial charge in [-0.2, -0.15) is 0 Å². The van der Waals surface area contributed by atoms with Gasteiger partial charge in [-0.1, -0.05) is 23.4 Å². The van der Waals surface area contributed by atoms with E-state index >= 15 is 0 Å². The van der Waals surface area contributed by atoms with Gasteiger partial charge in [0.2, 0.25) is 5.91 Å². The Balaban J connectivity index is 1.60. The molecule has 0 saturated carbocycles. The quantitative estimate of drug-likeness (QED) is 0.893. The molecule has 2 aromatic rings. The number of nitrogens with zero attached hydrogens (tertiary/aromatic N) is 3. The Hall–Kier alpha value is -2.12. The van der Waals surface area contributed by atoms with Crippen molar-refractivity contribution >= 4 is 40.9 Å². The van der Waals surface area contributed by atoms with Gasteiger partial charge >= 0.3 is 0 Å². The molecular formula is C17H15ClN4O2S. The van der Waals surface area contributed by atoms with Crippen LogP contribution < -0.4 is 10.2 Å². The molecule has 3 heterocycles. The second-order valence-corrected chi connectivity index (χ2v) is 7.76. The van der Waals surface area contributed by atoms with Crippen LogP contribution in [-0.4, -0.2) is 26.7 Å². The van der Waals surface area contributed by atoms with Crippen molar-refractivity contribution in [1.29, 1.82) is 0 Å². The molecule has 1 aromatic heterocycles. The Labute approximate surface area is 154 Å². The van der Waals surface area contributed by atoms with Gasteiger partial charge in [-0.25, -0.2) is 9.97 Å². The molecule has 25 heavy (non-hydrogen) atoms. The molecule has 6 nitrogen and oxygen atoms in total. The van der Waals surface area contributed by atoms with Gasteiger partial charge in [0, 0.05) is 22.5 Å². The first-order valence-corrected chi connectivity index (χ1v) is 9.07. The summed E-state index contributed by atoms with van der Waals surface area (Å²) in [7, 11) is 0. The van der Waals surface area contributed by atoms with E-state index in [0.717, 1.165) is 10.6 Å². The fourth-order valence-electron chi connectivity index (χ4n) is 3.23. The topological polar surface area (TPSA) is 75.2 Å². The molecule has 0 radical (unpaired) electrons. The number of hydrogen-bond donors (Lipinski definition) is 1. The van der Waals surface area contributed by atoms with E-state index in [-0.39, 0.29) is 11.8 Å². The standard InChI is InChI=1S/C17H15ClN4O2S/c1-10-19-7-5-12(21-10)9-20-16(24)17-6-4-15(23)22(17)13-8-11(18)2-3-14(13)25-17/h2-3,5,7-8H,4,6,9H2,1H3,(H,20,24). The molecule has 0 bridgehead atoms. The Bertz CT molecular complexity index is 891. The van der Waals surface area contributed by atoms with Crippen LogP contribution in [0.1, 0.15) is 24.4 Å². The summed E-state index contributed by atoms with van der Waals surface area (Å²) in [4.78, 5) is 35.3. The first-order valence-electron chi connectivity index (χ1n) is 7.88. The summed E-state index contributed by atoms with van der Waals surface area (Å²) in [5.41, 5.74) is 1.45. The summed E-state index contributed by atoms with van der Waals surface area (Å²) in [5.74, 6) is 0.411. The molecule has 1 unspecified atom stereocenters. The first-order chi connectivity index (χ1) is 12.0. The van der Waals surface area contributed by atoms with Gasteiger partial charge in [-0.3, -0.25) is 14.5 Å². The van der Waals surface area contributed by atoms with Crippen LogP contribution in [0.3, 0.4) is 0 Å². The van der Waals surface area contributed by atoms with Crippen LogP contribution in [0.4, 0.5) is 5.69 Å². The van der Waals surface area contributed by atoms with Gasteiger partial charge in [0.25, 0.3) is 5.91 Å². The Morgan fingerprint density at radius 1 is 1.44 bits per heavy atom. The first kappa shape index (κ1) is 16.4. The number of anilines is 1. The third kappa shape index (κ3) is 2.67. The maximum atomic E-state index is 13.0. The van der Waals surface area contributed by atoms with Gasteiger partial charge in [-0.15, -0.1) is 0 Å². The number of benzene rings is 1. The molecule has 1 saturated heterocycles. The lowest BCUT2D eigenvalue weighted by Crippen LogP contribution is -2.52. The third-order valence-electron chi connectivity index (χ3n) is 4.35. The number of thioether (sulfide) groups is 1. The molecule has 1 atom stereocenters. The number of aromatic nitrogens is 2. The fraction of sp³-hybridized carbons (Fsp3) is 0.294. The summed E-state index contributed by atoms with van der Waals surface area (Å²) in [6, 6.07) is 7.14. The number of fused-ring (bicyclic) bond motifs is 3. The Kier molecular flexibility index (Phi) is 3.92. The molecule has 0 aliphatic carbocycles. The minimum atomic E-state index is -0.938. The Morgan fingerprint density at radius 3 is 3.08 bits per heavy atom.